The first kappa shape index (κ1) is 12.9. The number of rotatable bonds is 4. The van der Waals surface area contributed by atoms with Crippen molar-refractivity contribution in [3.8, 4) is 0 Å². The maximum atomic E-state index is 10.5. The van der Waals surface area contributed by atoms with E-state index >= 15 is 0 Å². The summed E-state index contributed by atoms with van der Waals surface area (Å²) >= 11 is 0. The zero-order valence-electron chi connectivity index (χ0n) is 11.6. The van der Waals surface area contributed by atoms with Crippen molar-refractivity contribution in [2.24, 2.45) is 0 Å². The highest BCUT2D eigenvalue weighted by molar-refractivity contribution is 5.82. The number of aliphatic hydroxyl groups is 1. The van der Waals surface area contributed by atoms with E-state index in [9.17, 15) is 5.11 Å². The van der Waals surface area contributed by atoms with Gasteiger partial charge in [-0.05, 0) is 19.9 Å². The molecule has 0 aliphatic heterocycles. The summed E-state index contributed by atoms with van der Waals surface area (Å²) in [4.78, 5) is 4.21. The lowest BCUT2D eigenvalue weighted by Gasteiger charge is -2.10. The van der Waals surface area contributed by atoms with Gasteiger partial charge in [0.05, 0.1) is 6.10 Å². The number of aromatic nitrogens is 3. The standard InChI is InChI=1S/C15H17N3O2/c1-3-18-14(16-9-17-18)8-12(19)15-10(2)20-13-7-5-4-6-11(13)15/h4-7,9,12,19H,3,8H2,1-2H3. The van der Waals surface area contributed by atoms with E-state index in [0.29, 0.717) is 6.42 Å². The lowest BCUT2D eigenvalue weighted by molar-refractivity contribution is 0.173. The lowest BCUT2D eigenvalue weighted by Crippen LogP contribution is -2.10. The van der Waals surface area contributed by atoms with Crippen LogP contribution in [0.25, 0.3) is 11.0 Å². The highest BCUT2D eigenvalue weighted by atomic mass is 16.3. The zero-order valence-corrected chi connectivity index (χ0v) is 11.6. The van der Waals surface area contributed by atoms with Crippen LogP contribution in [0.5, 0.6) is 0 Å². The van der Waals surface area contributed by atoms with E-state index in [-0.39, 0.29) is 0 Å². The summed E-state index contributed by atoms with van der Waals surface area (Å²) in [5, 5.41) is 15.6. The maximum Gasteiger partial charge on any atom is 0.138 e. The molecule has 0 bridgehead atoms. The van der Waals surface area contributed by atoms with Crippen LogP contribution in [-0.4, -0.2) is 19.9 Å². The Labute approximate surface area is 116 Å². The molecule has 0 amide bonds. The van der Waals surface area contributed by atoms with Crippen LogP contribution in [0.4, 0.5) is 0 Å². The Morgan fingerprint density at radius 1 is 1.35 bits per heavy atom. The number of aryl methyl sites for hydroxylation is 2. The summed E-state index contributed by atoms with van der Waals surface area (Å²) in [5.41, 5.74) is 1.64. The molecule has 2 aromatic heterocycles. The molecule has 20 heavy (non-hydrogen) atoms. The fourth-order valence-corrected chi connectivity index (χ4v) is 2.59. The van der Waals surface area contributed by atoms with Gasteiger partial charge in [-0.15, -0.1) is 0 Å². The quantitative estimate of drug-likeness (QED) is 0.792. The molecular weight excluding hydrogens is 254 g/mol. The molecule has 0 saturated carbocycles. The van der Waals surface area contributed by atoms with E-state index in [4.69, 9.17) is 4.42 Å². The molecule has 104 valence electrons. The van der Waals surface area contributed by atoms with Gasteiger partial charge in [0.25, 0.3) is 0 Å². The zero-order chi connectivity index (χ0) is 14.1. The van der Waals surface area contributed by atoms with E-state index in [1.807, 2.05) is 38.1 Å². The van der Waals surface area contributed by atoms with Crippen LogP contribution in [0.2, 0.25) is 0 Å². The Morgan fingerprint density at radius 2 is 2.15 bits per heavy atom. The topological polar surface area (TPSA) is 64.1 Å². The fourth-order valence-electron chi connectivity index (χ4n) is 2.59. The molecule has 0 aliphatic carbocycles. The number of benzene rings is 1. The third-order valence-corrected chi connectivity index (χ3v) is 3.52. The second-order valence-electron chi connectivity index (χ2n) is 4.78. The van der Waals surface area contributed by atoms with Crippen LogP contribution in [-0.2, 0) is 13.0 Å². The van der Waals surface area contributed by atoms with Crippen LogP contribution < -0.4 is 0 Å². The van der Waals surface area contributed by atoms with E-state index in [1.54, 1.807) is 4.68 Å². The first-order valence-corrected chi connectivity index (χ1v) is 6.73. The van der Waals surface area contributed by atoms with Crippen molar-refractivity contribution in [2.75, 3.05) is 0 Å². The SMILES string of the molecule is CCn1ncnc1CC(O)c1c(C)oc2ccccc12. The Kier molecular flexibility index (Phi) is 3.28. The van der Waals surface area contributed by atoms with Crippen LogP contribution in [0.3, 0.4) is 0 Å². The summed E-state index contributed by atoms with van der Waals surface area (Å²) in [6.45, 7) is 4.62. The molecule has 0 saturated heterocycles. The lowest BCUT2D eigenvalue weighted by atomic mass is 10.0. The summed E-state index contributed by atoms with van der Waals surface area (Å²) in [7, 11) is 0. The molecule has 0 aliphatic rings. The number of para-hydroxylation sites is 1. The smallest absolute Gasteiger partial charge is 0.138 e. The van der Waals surface area contributed by atoms with Gasteiger partial charge in [-0.25, -0.2) is 4.98 Å². The van der Waals surface area contributed by atoms with Crippen molar-refractivity contribution in [3.05, 3.63) is 47.7 Å². The minimum Gasteiger partial charge on any atom is -0.461 e. The molecule has 1 atom stereocenters. The minimum absolute atomic E-state index is 0.429. The molecule has 3 rings (SSSR count). The summed E-state index contributed by atoms with van der Waals surface area (Å²) < 4.78 is 7.49. The van der Waals surface area contributed by atoms with Crippen molar-refractivity contribution >= 4 is 11.0 Å². The van der Waals surface area contributed by atoms with Crippen LogP contribution in [0.15, 0.2) is 35.0 Å². The van der Waals surface area contributed by atoms with Crippen LogP contribution >= 0.6 is 0 Å². The van der Waals surface area contributed by atoms with Crippen molar-refractivity contribution in [1.82, 2.24) is 14.8 Å². The number of hydrogen-bond acceptors (Lipinski definition) is 4. The van der Waals surface area contributed by atoms with Crippen LogP contribution in [0.1, 0.15) is 30.2 Å². The molecule has 2 heterocycles. The third-order valence-electron chi connectivity index (χ3n) is 3.52. The molecule has 1 unspecified atom stereocenters. The van der Waals surface area contributed by atoms with Gasteiger partial charge in [0.15, 0.2) is 0 Å². The predicted molar refractivity (Wildman–Crippen MR) is 75.3 cm³/mol. The van der Waals surface area contributed by atoms with Gasteiger partial charge in [0.1, 0.15) is 23.5 Å². The molecule has 3 aromatic rings. The summed E-state index contributed by atoms with van der Waals surface area (Å²) in [6, 6.07) is 7.75. The third kappa shape index (κ3) is 2.10. The second-order valence-corrected chi connectivity index (χ2v) is 4.78. The fraction of sp³-hybridized carbons (Fsp3) is 0.333. The van der Waals surface area contributed by atoms with Crippen molar-refractivity contribution in [2.45, 2.75) is 32.9 Å². The maximum absolute atomic E-state index is 10.5. The van der Waals surface area contributed by atoms with Gasteiger partial charge in [0, 0.05) is 23.9 Å². The van der Waals surface area contributed by atoms with Gasteiger partial charge in [-0.2, -0.15) is 5.10 Å². The number of fused-ring (bicyclic) bond motifs is 1. The monoisotopic (exact) mass is 271 g/mol. The number of aliphatic hydroxyl groups excluding tert-OH is 1. The summed E-state index contributed by atoms with van der Waals surface area (Å²) in [6.07, 6.45) is 1.30. The van der Waals surface area contributed by atoms with Crippen LogP contribution in [0, 0.1) is 6.92 Å². The Bertz CT molecular complexity index is 730. The van der Waals surface area contributed by atoms with Crippen molar-refractivity contribution < 1.29 is 9.52 Å². The largest absolute Gasteiger partial charge is 0.461 e. The number of furan rings is 1. The molecule has 0 fully saturated rings. The molecule has 1 N–H and O–H groups in total. The van der Waals surface area contributed by atoms with E-state index in [0.717, 1.165) is 34.7 Å². The first-order chi connectivity index (χ1) is 9.70. The first-order valence-electron chi connectivity index (χ1n) is 6.73. The number of nitrogens with zero attached hydrogens (tertiary/aromatic N) is 3. The average Bonchev–Trinajstić information content (AvgIpc) is 3.01. The number of hydrogen-bond donors (Lipinski definition) is 1. The second kappa shape index (κ2) is 5.09. The Balaban J connectivity index is 1.96. The van der Waals surface area contributed by atoms with Crippen molar-refractivity contribution in [1.29, 1.82) is 0 Å². The molecule has 0 spiro atoms. The molecule has 5 heteroatoms. The van der Waals surface area contributed by atoms with Gasteiger partial charge in [-0.1, -0.05) is 18.2 Å². The van der Waals surface area contributed by atoms with Gasteiger partial charge < -0.3 is 9.52 Å². The van der Waals surface area contributed by atoms with E-state index < -0.39 is 6.10 Å². The highest BCUT2D eigenvalue weighted by Crippen LogP contribution is 2.31. The van der Waals surface area contributed by atoms with Gasteiger partial charge in [-0.3, -0.25) is 4.68 Å². The molecular formula is C15H17N3O2. The minimum atomic E-state index is -0.645. The Morgan fingerprint density at radius 3 is 2.95 bits per heavy atom. The molecule has 0 radical (unpaired) electrons. The van der Waals surface area contributed by atoms with Gasteiger partial charge in [0.2, 0.25) is 0 Å². The van der Waals surface area contributed by atoms with Crippen molar-refractivity contribution in [3.63, 3.8) is 0 Å². The highest BCUT2D eigenvalue weighted by Gasteiger charge is 2.20. The molecule has 5 nitrogen and oxygen atoms in total. The van der Waals surface area contributed by atoms with E-state index in [1.165, 1.54) is 6.33 Å². The average molecular weight is 271 g/mol. The Hall–Kier alpha value is -2.14. The van der Waals surface area contributed by atoms with E-state index in [2.05, 4.69) is 10.1 Å². The van der Waals surface area contributed by atoms with Gasteiger partial charge >= 0.3 is 0 Å². The normalized spacial score (nSPS) is 12.9. The molecule has 1 aromatic carbocycles. The predicted octanol–water partition coefficient (Wildman–Crippen LogP) is 2.63. The summed E-state index contributed by atoms with van der Waals surface area (Å²) in [5.74, 6) is 1.53.